The Balaban J connectivity index is 0.000000168. The van der Waals surface area contributed by atoms with E-state index in [2.05, 4.69) is 235 Å². The van der Waals surface area contributed by atoms with E-state index in [4.69, 9.17) is 45.9 Å². The molecule has 1 fully saturated rings. The second kappa shape index (κ2) is 28.0. The van der Waals surface area contributed by atoms with Crippen molar-refractivity contribution in [2.24, 2.45) is 0 Å². The third-order valence-corrected chi connectivity index (χ3v) is 10.8. The second-order valence-electron chi connectivity index (χ2n) is 16.2. The molecule has 0 spiro atoms. The van der Waals surface area contributed by atoms with Crippen molar-refractivity contribution >= 4 is 46.5 Å². The highest BCUT2D eigenvalue weighted by molar-refractivity contribution is 5.88. The first-order valence-electron chi connectivity index (χ1n) is 23.9. The number of nitrogen functional groups attached to an aromatic ring is 8. The fourth-order valence-corrected chi connectivity index (χ4v) is 7.50. The summed E-state index contributed by atoms with van der Waals surface area (Å²) in [4.78, 5) is 31.8. The lowest BCUT2D eigenvalue weighted by atomic mass is 10.1. The fourth-order valence-electron chi connectivity index (χ4n) is 7.50. The average molecular weight is 1040 g/mol. The third kappa shape index (κ3) is 15.5. The number of nitrogens with zero attached hydrogens (tertiary/aromatic N) is 15. The van der Waals surface area contributed by atoms with Crippen LogP contribution in [-0.4, -0.2) is 112 Å². The molecular formula is C51H62N26. The summed E-state index contributed by atoms with van der Waals surface area (Å²) >= 11 is 0. The Bertz CT molecular complexity index is 2830. The zero-order chi connectivity index (χ0) is 54.2. The number of rotatable bonds is 6. The molecule has 26 nitrogen and oxygen atoms in total. The number of anilines is 8. The van der Waals surface area contributed by atoms with Gasteiger partial charge in [0.15, 0.2) is 0 Å². The summed E-state index contributed by atoms with van der Waals surface area (Å²) in [7, 11) is 0. The molecule has 0 aliphatic carbocycles. The normalized spacial score (nSPS) is 11.8. The molecule has 0 amide bonds. The molecule has 1 aliphatic heterocycles. The van der Waals surface area contributed by atoms with E-state index in [1.807, 2.05) is 0 Å². The number of nitrogens with one attached hydrogen (secondary N) is 3. The van der Waals surface area contributed by atoms with Crippen LogP contribution in [0.25, 0.3) is 34.1 Å². The Labute approximate surface area is 443 Å². The molecule has 0 saturated carbocycles. The van der Waals surface area contributed by atoms with E-state index in [-0.39, 0.29) is 23.8 Å². The zero-order valence-corrected chi connectivity index (χ0v) is 42.0. The zero-order valence-electron chi connectivity index (χ0n) is 42.0. The molecule has 12 rings (SSSR count). The topological polar surface area (TPSA) is 390 Å². The van der Waals surface area contributed by atoms with Crippen molar-refractivity contribution in [2.75, 3.05) is 85.1 Å². The van der Waals surface area contributed by atoms with E-state index in [1.54, 1.807) is 12.1 Å². The van der Waals surface area contributed by atoms with Gasteiger partial charge in [-0.2, -0.15) is 15.0 Å². The molecule has 0 bridgehead atoms. The van der Waals surface area contributed by atoms with E-state index in [1.165, 1.54) is 31.6 Å². The number of nitrogens with two attached hydrogens (primary N) is 8. The minimum Gasteiger partial charge on any atom is -0.397 e. The maximum absolute atomic E-state index is 5.43. The molecule has 19 N–H and O–H groups in total. The molecular weight excluding hydrogens is 977 g/mol. The van der Waals surface area contributed by atoms with Crippen LogP contribution < -0.4 is 61.8 Å². The third-order valence-electron chi connectivity index (χ3n) is 10.8. The summed E-state index contributed by atoms with van der Waals surface area (Å²) in [6.07, 6.45) is 32.4. The summed E-state index contributed by atoms with van der Waals surface area (Å²) in [5.41, 5.74) is 50.6. The van der Waals surface area contributed by atoms with Gasteiger partial charge in [-0.15, -0.1) is 0 Å². The van der Waals surface area contributed by atoms with Gasteiger partial charge >= 0.3 is 0 Å². The molecule has 10 heterocycles. The van der Waals surface area contributed by atoms with Gasteiger partial charge in [-0.3, -0.25) is 0 Å². The van der Waals surface area contributed by atoms with Crippen LogP contribution in [0.3, 0.4) is 0 Å². The maximum Gasteiger partial charge on any atom is 0.226 e. The van der Waals surface area contributed by atoms with Crippen LogP contribution in [0.15, 0.2) is 191 Å². The number of aromatic nitrogens is 15. The molecule has 11 aromatic rings. The van der Waals surface area contributed by atoms with Crippen molar-refractivity contribution in [3.8, 4) is 34.1 Å². The first-order valence-corrected chi connectivity index (χ1v) is 23.9. The quantitative estimate of drug-likeness (QED) is 0.107. The van der Waals surface area contributed by atoms with Crippen LogP contribution >= 0.6 is 0 Å². The monoisotopic (exact) mass is 1040 g/mol. The van der Waals surface area contributed by atoms with Crippen LogP contribution in [0, 0.1) is 0 Å². The molecule has 0 radical (unpaired) electrons. The largest absolute Gasteiger partial charge is 0.397 e. The molecule has 77 heavy (non-hydrogen) atoms. The van der Waals surface area contributed by atoms with Gasteiger partial charge in [-0.25, -0.2) is 29.9 Å². The summed E-state index contributed by atoms with van der Waals surface area (Å²) in [6, 6.07) is 28.0. The van der Waals surface area contributed by atoms with Gasteiger partial charge in [-0.1, -0.05) is 0 Å². The highest BCUT2D eigenvalue weighted by Crippen LogP contribution is 2.43. The van der Waals surface area contributed by atoms with Crippen LogP contribution in [0.2, 0.25) is 0 Å². The van der Waals surface area contributed by atoms with Gasteiger partial charge in [-0.05, 0) is 84.9 Å². The molecule has 2 aromatic carbocycles. The van der Waals surface area contributed by atoms with Gasteiger partial charge in [0, 0.05) is 114 Å². The lowest BCUT2D eigenvalue weighted by Gasteiger charge is -2.29. The van der Waals surface area contributed by atoms with E-state index < -0.39 is 0 Å². The van der Waals surface area contributed by atoms with Crippen molar-refractivity contribution in [3.63, 3.8) is 0 Å². The average Bonchev–Trinajstić information content (AvgIpc) is 4.34. The molecule has 0 unspecified atom stereocenters. The SMILES string of the molecule is C1CNCCNCCN1.Nc1cc(N)c(N)cc1N.Nc1nc(N)nc(N)n1.Nc1ncncn1.c1ccn(-c2c(-n3cccc3)c(-n3cccc3)c(-n3cccc3)c(-n3cccc3)c2-n2cccc2)c1.c1ncncn1. The Kier molecular flexibility index (Phi) is 19.7. The summed E-state index contributed by atoms with van der Waals surface area (Å²) < 4.78 is 13.3. The molecule has 9 aromatic heterocycles. The molecule has 1 saturated heterocycles. The molecule has 1 aliphatic rings. The Morgan fingerprint density at radius 3 is 0.636 bits per heavy atom. The molecule has 0 atom stereocenters. The van der Waals surface area contributed by atoms with Crippen LogP contribution in [0.4, 0.5) is 46.5 Å². The minimum absolute atomic E-state index is 0.0417. The van der Waals surface area contributed by atoms with Gasteiger partial charge < -0.3 is 89.2 Å². The van der Waals surface area contributed by atoms with Crippen molar-refractivity contribution in [1.82, 2.24) is 88.2 Å². The van der Waals surface area contributed by atoms with Gasteiger partial charge in [0.2, 0.25) is 23.8 Å². The van der Waals surface area contributed by atoms with Crippen molar-refractivity contribution < 1.29 is 0 Å². The molecule has 26 heteroatoms. The van der Waals surface area contributed by atoms with E-state index >= 15 is 0 Å². The van der Waals surface area contributed by atoms with Gasteiger partial charge in [0.05, 0.1) is 56.9 Å². The van der Waals surface area contributed by atoms with Crippen molar-refractivity contribution in [1.29, 1.82) is 0 Å². The summed E-state index contributed by atoms with van der Waals surface area (Å²) in [5, 5.41) is 9.91. The van der Waals surface area contributed by atoms with Crippen molar-refractivity contribution in [3.05, 3.63) is 191 Å². The lowest BCUT2D eigenvalue weighted by molar-refractivity contribution is 0.652. The van der Waals surface area contributed by atoms with E-state index in [0.717, 1.165) is 73.4 Å². The van der Waals surface area contributed by atoms with Crippen molar-refractivity contribution in [2.45, 2.75) is 0 Å². The van der Waals surface area contributed by atoms with Crippen LogP contribution in [-0.2, 0) is 0 Å². The van der Waals surface area contributed by atoms with Crippen LogP contribution in [0.1, 0.15) is 0 Å². The van der Waals surface area contributed by atoms with Crippen LogP contribution in [0.5, 0.6) is 0 Å². The fraction of sp³-hybridized carbons (Fsp3) is 0.118. The predicted octanol–water partition coefficient (Wildman–Crippen LogP) is 3.16. The number of benzene rings is 2. The number of hydrogen-bond acceptors (Lipinski definition) is 20. The number of hydrogen-bond donors (Lipinski definition) is 11. The summed E-state index contributed by atoms with van der Waals surface area (Å²) in [6.45, 7) is 6.59. The highest BCUT2D eigenvalue weighted by Gasteiger charge is 2.29. The first-order chi connectivity index (χ1) is 37.6. The van der Waals surface area contributed by atoms with Gasteiger partial charge in [0.1, 0.15) is 31.6 Å². The minimum atomic E-state index is 0.0417. The first kappa shape index (κ1) is 54.2. The van der Waals surface area contributed by atoms with E-state index in [9.17, 15) is 0 Å². The second-order valence-corrected chi connectivity index (χ2v) is 16.2. The van der Waals surface area contributed by atoms with Gasteiger partial charge in [0.25, 0.3) is 0 Å². The maximum atomic E-state index is 5.43. The Morgan fingerprint density at radius 1 is 0.273 bits per heavy atom. The van der Waals surface area contributed by atoms with E-state index in [0.29, 0.717) is 22.7 Å². The Hall–Kier alpha value is -10.6. The smallest absolute Gasteiger partial charge is 0.226 e. The standard InChI is InChI=1S/C30H24N6.C6H10N4.C6H15N3.C3H6N6.C3H4N4.C3H3N3/c1-2-14-31(13-1)25-26(32-15-3-4-16-32)28(34-19-7-8-20-34)30(36-23-11-12-24-36)29(35-21-9-10-22-35)27(25)33-17-5-6-18-33;7-3-1-4(8)6(10)2-5(3)9;1-2-8-5-6-9-4-3-7-1;4-1-7-2(5)9-3(6)8-1;4-3-6-1-5-2-7-3;1-4-2-6-3-5-1/h1-24H;1-2H,7-10H2;7-9H,1-6H2;(H6,4,5,6,7,8,9);1-2H,(H2,4,5,6,7);1-3H. The highest BCUT2D eigenvalue weighted by atomic mass is 15.2. The summed E-state index contributed by atoms with van der Waals surface area (Å²) in [5.74, 6) is 0.384. The lowest BCUT2D eigenvalue weighted by Crippen LogP contribution is -2.27. The predicted molar refractivity (Wildman–Crippen MR) is 302 cm³/mol. The Morgan fingerprint density at radius 2 is 0.468 bits per heavy atom. The molecule has 396 valence electrons.